The van der Waals surface area contributed by atoms with E-state index in [4.69, 9.17) is 14.2 Å². The zero-order chi connectivity index (χ0) is 25.8. The number of H-pyrrole nitrogens is 1. The molecule has 1 amide bonds. The van der Waals surface area contributed by atoms with Crippen molar-refractivity contribution in [3.8, 4) is 34.3 Å². The molecule has 0 bridgehead atoms. The van der Waals surface area contributed by atoms with Gasteiger partial charge in [-0.25, -0.2) is 0 Å². The fourth-order valence-corrected chi connectivity index (χ4v) is 4.76. The molecule has 0 aliphatic rings. The molecular formula is C27H25N5O4S. The minimum atomic E-state index is -0.181. The number of para-hydroxylation sites is 1. The number of rotatable bonds is 9. The van der Waals surface area contributed by atoms with Crippen LogP contribution in [0.15, 0.2) is 78.1 Å². The van der Waals surface area contributed by atoms with Gasteiger partial charge < -0.3 is 24.5 Å². The van der Waals surface area contributed by atoms with Crippen molar-refractivity contribution in [1.82, 2.24) is 19.7 Å². The largest absolute Gasteiger partial charge is 0.497 e. The number of hydrogen-bond donors (Lipinski definition) is 2. The van der Waals surface area contributed by atoms with Gasteiger partial charge in [0.25, 0.3) is 0 Å². The second kappa shape index (κ2) is 10.7. The average Bonchev–Trinajstić information content (AvgIpc) is 3.55. The maximum atomic E-state index is 12.8. The average molecular weight is 516 g/mol. The van der Waals surface area contributed by atoms with Gasteiger partial charge in [0.15, 0.2) is 11.0 Å². The number of nitrogens with zero attached hydrogens (tertiary/aromatic N) is 3. The standard InChI is InChI=1S/C27H25N5O4S/c1-34-18-8-6-7-17(13-18)29-25(33)16-37-27-31-30-26(21-15-28-22-10-5-4-9-20(21)22)32(27)23-14-19(35-2)11-12-24(23)36-3/h4-15,28H,16H2,1-3H3,(H,29,33). The summed E-state index contributed by atoms with van der Waals surface area (Å²) in [6.07, 6.45) is 1.90. The highest BCUT2D eigenvalue weighted by Gasteiger charge is 2.22. The molecule has 37 heavy (non-hydrogen) atoms. The first kappa shape index (κ1) is 24.3. The number of aromatic nitrogens is 4. The lowest BCUT2D eigenvalue weighted by Gasteiger charge is -2.15. The Bertz CT molecular complexity index is 1560. The van der Waals surface area contributed by atoms with Gasteiger partial charge in [-0.15, -0.1) is 10.2 Å². The Labute approximate surface area is 217 Å². The molecule has 0 saturated heterocycles. The second-order valence-electron chi connectivity index (χ2n) is 8.00. The molecular weight excluding hydrogens is 490 g/mol. The number of benzene rings is 3. The Kier molecular flexibility index (Phi) is 7.00. The molecule has 0 aliphatic carbocycles. The predicted molar refractivity (Wildman–Crippen MR) is 144 cm³/mol. The molecule has 2 N–H and O–H groups in total. The lowest BCUT2D eigenvalue weighted by atomic mass is 10.1. The number of carbonyl (C=O) groups excluding carboxylic acids is 1. The summed E-state index contributed by atoms with van der Waals surface area (Å²) in [5.74, 6) is 2.48. The number of amides is 1. The zero-order valence-corrected chi connectivity index (χ0v) is 21.3. The fraction of sp³-hybridized carbons (Fsp3) is 0.148. The number of anilines is 1. The van der Waals surface area contributed by atoms with Crippen LogP contribution in [0.1, 0.15) is 0 Å². The minimum absolute atomic E-state index is 0.121. The highest BCUT2D eigenvalue weighted by atomic mass is 32.2. The smallest absolute Gasteiger partial charge is 0.234 e. The van der Waals surface area contributed by atoms with Crippen LogP contribution in [-0.4, -0.2) is 52.7 Å². The summed E-state index contributed by atoms with van der Waals surface area (Å²) in [4.78, 5) is 16.1. The van der Waals surface area contributed by atoms with Crippen LogP contribution in [0.5, 0.6) is 17.2 Å². The highest BCUT2D eigenvalue weighted by molar-refractivity contribution is 7.99. The molecule has 0 atom stereocenters. The van der Waals surface area contributed by atoms with Crippen LogP contribution in [-0.2, 0) is 4.79 Å². The summed E-state index contributed by atoms with van der Waals surface area (Å²) in [7, 11) is 4.80. The number of aromatic amines is 1. The molecule has 0 fully saturated rings. The maximum absolute atomic E-state index is 12.8. The predicted octanol–water partition coefficient (Wildman–Crippen LogP) is 5.17. The van der Waals surface area contributed by atoms with Gasteiger partial charge in [0.05, 0.1) is 32.8 Å². The summed E-state index contributed by atoms with van der Waals surface area (Å²) < 4.78 is 18.3. The van der Waals surface area contributed by atoms with E-state index in [1.807, 2.05) is 71.4 Å². The lowest BCUT2D eigenvalue weighted by molar-refractivity contribution is -0.113. The Hall–Kier alpha value is -4.44. The Morgan fingerprint density at radius 2 is 1.76 bits per heavy atom. The first-order chi connectivity index (χ1) is 18.1. The van der Waals surface area contributed by atoms with Gasteiger partial charge >= 0.3 is 0 Å². The Morgan fingerprint density at radius 1 is 0.946 bits per heavy atom. The Morgan fingerprint density at radius 3 is 2.57 bits per heavy atom. The van der Waals surface area contributed by atoms with Crippen molar-refractivity contribution in [3.05, 3.63) is 72.9 Å². The minimum Gasteiger partial charge on any atom is -0.497 e. The van der Waals surface area contributed by atoms with Gasteiger partial charge in [0, 0.05) is 40.5 Å². The van der Waals surface area contributed by atoms with Crippen molar-refractivity contribution in [2.75, 3.05) is 32.4 Å². The van der Waals surface area contributed by atoms with E-state index in [1.54, 1.807) is 27.4 Å². The normalized spacial score (nSPS) is 10.9. The van der Waals surface area contributed by atoms with Gasteiger partial charge in [-0.1, -0.05) is 36.0 Å². The van der Waals surface area contributed by atoms with Crippen LogP contribution in [0, 0.1) is 0 Å². The van der Waals surface area contributed by atoms with E-state index in [-0.39, 0.29) is 11.7 Å². The summed E-state index contributed by atoms with van der Waals surface area (Å²) in [5.41, 5.74) is 3.21. The SMILES string of the molecule is COc1cccc(NC(=O)CSc2nnc(-c3c[nH]c4ccccc34)n2-c2cc(OC)ccc2OC)c1. The van der Waals surface area contributed by atoms with Gasteiger partial charge in [0.2, 0.25) is 5.91 Å². The molecule has 0 saturated carbocycles. The molecule has 0 aliphatic heterocycles. The van der Waals surface area contributed by atoms with Crippen LogP contribution in [0.25, 0.3) is 28.0 Å². The molecule has 2 heterocycles. The van der Waals surface area contributed by atoms with Crippen LogP contribution < -0.4 is 19.5 Å². The molecule has 0 spiro atoms. The molecule has 0 unspecified atom stereocenters. The molecule has 5 rings (SSSR count). The van der Waals surface area contributed by atoms with Crippen LogP contribution >= 0.6 is 11.8 Å². The molecule has 0 radical (unpaired) electrons. The third-order valence-corrected chi connectivity index (χ3v) is 6.71. The van der Waals surface area contributed by atoms with Crippen LogP contribution in [0.3, 0.4) is 0 Å². The summed E-state index contributed by atoms with van der Waals surface area (Å²) >= 11 is 1.27. The maximum Gasteiger partial charge on any atom is 0.234 e. The number of thioether (sulfide) groups is 1. The number of ether oxygens (including phenoxy) is 3. The topological polar surface area (TPSA) is 103 Å². The van der Waals surface area contributed by atoms with E-state index in [0.29, 0.717) is 39.6 Å². The number of nitrogens with one attached hydrogen (secondary N) is 2. The number of carbonyl (C=O) groups is 1. The molecule has 5 aromatic rings. The van der Waals surface area contributed by atoms with Gasteiger partial charge in [-0.05, 0) is 30.3 Å². The van der Waals surface area contributed by atoms with Crippen molar-refractivity contribution >= 4 is 34.3 Å². The van der Waals surface area contributed by atoms with Gasteiger partial charge in [-0.3, -0.25) is 9.36 Å². The van der Waals surface area contributed by atoms with Crippen LogP contribution in [0.4, 0.5) is 5.69 Å². The van der Waals surface area contributed by atoms with E-state index < -0.39 is 0 Å². The Balaban J connectivity index is 1.52. The van der Waals surface area contributed by atoms with E-state index >= 15 is 0 Å². The zero-order valence-electron chi connectivity index (χ0n) is 20.5. The number of fused-ring (bicyclic) bond motifs is 1. The number of hydrogen-bond acceptors (Lipinski definition) is 7. The van der Waals surface area contributed by atoms with E-state index in [1.165, 1.54) is 11.8 Å². The summed E-state index contributed by atoms with van der Waals surface area (Å²) in [6, 6.07) is 20.7. The quantitative estimate of drug-likeness (QED) is 0.261. The van der Waals surface area contributed by atoms with Crippen molar-refractivity contribution < 1.29 is 19.0 Å². The number of methoxy groups -OCH3 is 3. The molecule has 2 aromatic heterocycles. The third-order valence-electron chi connectivity index (χ3n) is 5.78. The molecule has 9 nitrogen and oxygen atoms in total. The summed E-state index contributed by atoms with van der Waals surface area (Å²) in [6.45, 7) is 0. The van der Waals surface area contributed by atoms with Crippen molar-refractivity contribution in [3.63, 3.8) is 0 Å². The van der Waals surface area contributed by atoms with Gasteiger partial charge in [-0.2, -0.15) is 0 Å². The van der Waals surface area contributed by atoms with Crippen molar-refractivity contribution in [2.45, 2.75) is 5.16 Å². The van der Waals surface area contributed by atoms with E-state index in [2.05, 4.69) is 20.5 Å². The first-order valence-corrected chi connectivity index (χ1v) is 12.4. The molecule has 3 aromatic carbocycles. The fourth-order valence-electron chi connectivity index (χ4n) is 4.01. The second-order valence-corrected chi connectivity index (χ2v) is 8.94. The first-order valence-electron chi connectivity index (χ1n) is 11.4. The monoisotopic (exact) mass is 515 g/mol. The van der Waals surface area contributed by atoms with Gasteiger partial charge in [0.1, 0.15) is 17.2 Å². The lowest BCUT2D eigenvalue weighted by Crippen LogP contribution is -2.14. The van der Waals surface area contributed by atoms with Crippen LogP contribution in [0.2, 0.25) is 0 Å². The summed E-state index contributed by atoms with van der Waals surface area (Å²) in [5, 5.41) is 13.4. The van der Waals surface area contributed by atoms with E-state index in [9.17, 15) is 4.79 Å². The van der Waals surface area contributed by atoms with Crippen molar-refractivity contribution in [2.24, 2.45) is 0 Å². The molecule has 10 heteroatoms. The van der Waals surface area contributed by atoms with Crippen molar-refractivity contribution in [1.29, 1.82) is 0 Å². The third kappa shape index (κ3) is 4.96. The van der Waals surface area contributed by atoms with E-state index in [0.717, 1.165) is 16.5 Å². The highest BCUT2D eigenvalue weighted by Crippen LogP contribution is 2.37. The molecule has 188 valence electrons.